The van der Waals surface area contributed by atoms with Crippen LogP contribution in [0.25, 0.3) is 10.9 Å². The van der Waals surface area contributed by atoms with Crippen molar-refractivity contribution in [3.05, 3.63) is 53.2 Å². The molecule has 1 fully saturated rings. The first kappa shape index (κ1) is 15.1. The van der Waals surface area contributed by atoms with Gasteiger partial charge in [0.05, 0.1) is 12.1 Å². The molecule has 1 atom stereocenters. The highest BCUT2D eigenvalue weighted by Crippen LogP contribution is 2.23. The van der Waals surface area contributed by atoms with Crippen LogP contribution >= 0.6 is 11.3 Å². The third-order valence-corrected chi connectivity index (χ3v) is 4.98. The van der Waals surface area contributed by atoms with Gasteiger partial charge in [-0.2, -0.15) is 0 Å². The van der Waals surface area contributed by atoms with Gasteiger partial charge in [-0.25, -0.2) is 4.98 Å². The molecule has 1 amide bonds. The van der Waals surface area contributed by atoms with Gasteiger partial charge in [-0.15, -0.1) is 0 Å². The topological polar surface area (TPSA) is 55.3 Å². The van der Waals surface area contributed by atoms with Gasteiger partial charge < -0.3 is 9.64 Å². The molecule has 24 heavy (non-hydrogen) atoms. The summed E-state index contributed by atoms with van der Waals surface area (Å²) in [5.74, 6) is 0.0467. The lowest BCUT2D eigenvalue weighted by atomic mass is 10.1. The number of thiazole rings is 1. The maximum Gasteiger partial charge on any atom is 0.273 e. The van der Waals surface area contributed by atoms with Gasteiger partial charge in [0.15, 0.2) is 0 Å². The van der Waals surface area contributed by atoms with E-state index in [9.17, 15) is 4.79 Å². The number of amides is 1. The Labute approximate surface area is 143 Å². The van der Waals surface area contributed by atoms with Crippen molar-refractivity contribution in [1.82, 2.24) is 14.9 Å². The Morgan fingerprint density at radius 2 is 2.21 bits per heavy atom. The van der Waals surface area contributed by atoms with E-state index < -0.39 is 0 Å². The van der Waals surface area contributed by atoms with Gasteiger partial charge in [-0.05, 0) is 36.8 Å². The number of likely N-dealkylation sites (tertiary alicyclic amines) is 1. The summed E-state index contributed by atoms with van der Waals surface area (Å²) in [6.45, 7) is 3.34. The van der Waals surface area contributed by atoms with Gasteiger partial charge in [0.1, 0.15) is 6.10 Å². The van der Waals surface area contributed by atoms with Crippen molar-refractivity contribution < 1.29 is 9.53 Å². The van der Waals surface area contributed by atoms with Crippen LogP contribution in [0.5, 0.6) is 5.19 Å². The zero-order valence-electron chi connectivity index (χ0n) is 13.3. The predicted molar refractivity (Wildman–Crippen MR) is 93.5 cm³/mol. The number of ether oxygens (including phenoxy) is 1. The Morgan fingerprint density at radius 1 is 1.29 bits per heavy atom. The second-order valence-corrected chi connectivity index (χ2v) is 6.79. The number of hydrogen-bond acceptors (Lipinski definition) is 5. The van der Waals surface area contributed by atoms with Gasteiger partial charge in [-0.1, -0.05) is 11.3 Å². The molecule has 6 heteroatoms. The zero-order chi connectivity index (χ0) is 16.5. The van der Waals surface area contributed by atoms with Crippen molar-refractivity contribution in [1.29, 1.82) is 0 Å². The van der Waals surface area contributed by atoms with Gasteiger partial charge >= 0.3 is 0 Å². The number of aromatic nitrogens is 2. The van der Waals surface area contributed by atoms with Crippen LogP contribution in [0.1, 0.15) is 22.3 Å². The minimum absolute atomic E-state index is 0.0176. The van der Waals surface area contributed by atoms with Gasteiger partial charge in [0.2, 0.25) is 0 Å². The summed E-state index contributed by atoms with van der Waals surface area (Å²) in [5.41, 5.74) is 2.74. The molecule has 1 aromatic carbocycles. The largest absolute Gasteiger partial charge is 0.465 e. The van der Waals surface area contributed by atoms with Crippen LogP contribution in [-0.4, -0.2) is 40.0 Å². The molecule has 0 aliphatic carbocycles. The van der Waals surface area contributed by atoms with Crippen LogP contribution in [0.3, 0.4) is 0 Å². The second kappa shape index (κ2) is 6.20. The van der Waals surface area contributed by atoms with E-state index >= 15 is 0 Å². The monoisotopic (exact) mass is 339 g/mol. The van der Waals surface area contributed by atoms with Crippen LogP contribution < -0.4 is 4.74 Å². The third-order valence-electron chi connectivity index (χ3n) is 4.32. The molecule has 1 aliphatic heterocycles. The van der Waals surface area contributed by atoms with E-state index in [2.05, 4.69) is 9.97 Å². The van der Waals surface area contributed by atoms with E-state index in [0.717, 1.165) is 22.9 Å². The fraction of sp³-hybridized carbons (Fsp3) is 0.278. The lowest BCUT2D eigenvalue weighted by Crippen LogP contribution is -2.30. The number of aryl methyl sites for hydroxylation is 1. The quantitative estimate of drug-likeness (QED) is 0.735. The maximum absolute atomic E-state index is 12.8. The smallest absolute Gasteiger partial charge is 0.273 e. The van der Waals surface area contributed by atoms with Gasteiger partial charge in [-0.3, -0.25) is 9.78 Å². The fourth-order valence-corrected chi connectivity index (χ4v) is 3.57. The Morgan fingerprint density at radius 3 is 3.04 bits per heavy atom. The highest BCUT2D eigenvalue weighted by Gasteiger charge is 2.28. The van der Waals surface area contributed by atoms with E-state index in [1.165, 1.54) is 11.3 Å². The number of pyridine rings is 1. The number of carbonyl (C=O) groups excluding carboxylic acids is 1. The van der Waals surface area contributed by atoms with Crippen LogP contribution in [0.4, 0.5) is 0 Å². The molecule has 3 heterocycles. The molecule has 2 aromatic heterocycles. The molecular weight excluding hydrogens is 322 g/mol. The molecule has 0 spiro atoms. The van der Waals surface area contributed by atoms with E-state index in [1.54, 1.807) is 12.4 Å². The van der Waals surface area contributed by atoms with E-state index in [-0.39, 0.29) is 12.0 Å². The Hall–Kier alpha value is -2.47. The number of benzene rings is 1. The average Bonchev–Trinajstić information content (AvgIpc) is 3.27. The molecule has 4 rings (SSSR count). The Bertz CT molecular complexity index is 879. The van der Waals surface area contributed by atoms with E-state index in [1.807, 2.05) is 41.5 Å². The number of rotatable bonds is 3. The highest BCUT2D eigenvalue weighted by atomic mass is 32.1. The Kier molecular flexibility index (Phi) is 3.90. The number of fused-ring (bicyclic) bond motifs is 1. The summed E-state index contributed by atoms with van der Waals surface area (Å²) in [7, 11) is 0. The SMILES string of the molecule is Cc1ccnc2ccc(C(=O)N3CCC(Oc4nccs4)C3)cc12. The minimum atomic E-state index is 0.0176. The molecule has 5 nitrogen and oxygen atoms in total. The van der Waals surface area contributed by atoms with Crippen molar-refractivity contribution >= 4 is 28.1 Å². The minimum Gasteiger partial charge on any atom is -0.465 e. The van der Waals surface area contributed by atoms with Crippen molar-refractivity contribution in [2.45, 2.75) is 19.4 Å². The van der Waals surface area contributed by atoms with Crippen LogP contribution in [0.15, 0.2) is 42.0 Å². The number of carbonyl (C=O) groups is 1. The average molecular weight is 339 g/mol. The summed E-state index contributed by atoms with van der Waals surface area (Å²) in [4.78, 5) is 23.1. The molecule has 0 saturated carbocycles. The van der Waals surface area contributed by atoms with Crippen molar-refractivity contribution in [3.63, 3.8) is 0 Å². The first-order valence-electron chi connectivity index (χ1n) is 7.91. The molecule has 1 aliphatic rings. The summed E-state index contributed by atoms with van der Waals surface area (Å²) in [6, 6.07) is 7.67. The van der Waals surface area contributed by atoms with Crippen LogP contribution in [0, 0.1) is 6.92 Å². The predicted octanol–water partition coefficient (Wildman–Crippen LogP) is 3.29. The molecule has 1 saturated heterocycles. The van der Waals surface area contributed by atoms with Crippen molar-refractivity contribution in [2.24, 2.45) is 0 Å². The molecule has 0 bridgehead atoms. The summed E-state index contributed by atoms with van der Waals surface area (Å²) < 4.78 is 5.82. The first-order valence-corrected chi connectivity index (χ1v) is 8.79. The highest BCUT2D eigenvalue weighted by molar-refractivity contribution is 7.11. The second-order valence-electron chi connectivity index (χ2n) is 5.94. The third kappa shape index (κ3) is 2.85. The molecule has 3 aromatic rings. The van der Waals surface area contributed by atoms with E-state index in [0.29, 0.717) is 23.8 Å². The fourth-order valence-electron chi connectivity index (χ4n) is 3.02. The van der Waals surface area contributed by atoms with Gasteiger partial charge in [0.25, 0.3) is 11.1 Å². The zero-order valence-corrected chi connectivity index (χ0v) is 14.1. The number of nitrogens with zero attached hydrogens (tertiary/aromatic N) is 3. The standard InChI is InChI=1S/C18H17N3O2S/c1-12-4-6-19-16-3-2-13(10-15(12)16)17(22)21-8-5-14(11-21)23-18-20-7-9-24-18/h2-4,6-7,9-10,14H,5,8,11H2,1H3. The lowest BCUT2D eigenvalue weighted by molar-refractivity contribution is 0.0772. The van der Waals surface area contributed by atoms with Crippen LogP contribution in [-0.2, 0) is 0 Å². The number of hydrogen-bond donors (Lipinski definition) is 0. The van der Waals surface area contributed by atoms with Gasteiger partial charge in [0, 0.05) is 41.7 Å². The normalized spacial score (nSPS) is 17.4. The summed E-state index contributed by atoms with van der Waals surface area (Å²) in [6.07, 6.45) is 4.37. The summed E-state index contributed by atoms with van der Waals surface area (Å²) in [5, 5.41) is 3.58. The molecule has 0 radical (unpaired) electrons. The first-order chi connectivity index (χ1) is 11.7. The lowest BCUT2D eigenvalue weighted by Gasteiger charge is -2.17. The summed E-state index contributed by atoms with van der Waals surface area (Å²) >= 11 is 1.48. The molecule has 1 unspecified atom stereocenters. The molecule has 122 valence electrons. The maximum atomic E-state index is 12.8. The van der Waals surface area contributed by atoms with Crippen LogP contribution in [0.2, 0.25) is 0 Å². The van der Waals surface area contributed by atoms with Crippen molar-refractivity contribution in [2.75, 3.05) is 13.1 Å². The molecule has 0 N–H and O–H groups in total. The van der Waals surface area contributed by atoms with E-state index in [4.69, 9.17) is 4.74 Å². The molecular formula is C18H17N3O2S. The Balaban J connectivity index is 1.51. The van der Waals surface area contributed by atoms with Crippen molar-refractivity contribution in [3.8, 4) is 5.19 Å².